The highest BCUT2D eigenvalue weighted by atomic mass is 16.5. The molecule has 7 nitrogen and oxygen atoms in total. The van der Waals surface area contributed by atoms with Gasteiger partial charge in [-0.1, -0.05) is 12.1 Å². The van der Waals surface area contributed by atoms with E-state index in [9.17, 15) is 14.7 Å². The Morgan fingerprint density at radius 1 is 1.60 bits per heavy atom. The summed E-state index contributed by atoms with van der Waals surface area (Å²) in [5.74, 6) is -0.393. The highest BCUT2D eigenvalue weighted by molar-refractivity contribution is 5.87. The fourth-order valence-electron chi connectivity index (χ4n) is 2.67. The third-order valence-corrected chi connectivity index (χ3v) is 3.81. The van der Waals surface area contributed by atoms with Crippen LogP contribution in [0, 0.1) is 6.92 Å². The minimum atomic E-state index is -1.08. The number of carbonyl (C=O) groups is 2. The summed E-state index contributed by atoms with van der Waals surface area (Å²) in [7, 11) is 0. The minimum Gasteiger partial charge on any atom is -0.479 e. The van der Waals surface area contributed by atoms with Crippen LogP contribution in [0.4, 0.5) is 4.79 Å². The topological polar surface area (TPSA) is 95.7 Å². The average molecular weight is 281 g/mol. The van der Waals surface area contributed by atoms with Gasteiger partial charge >= 0.3 is 12.0 Å². The first kappa shape index (κ1) is 14.4. The molecule has 1 aromatic heterocycles. The van der Waals surface area contributed by atoms with Crippen molar-refractivity contribution in [3.8, 4) is 0 Å². The van der Waals surface area contributed by atoms with Crippen LogP contribution in [0.3, 0.4) is 0 Å². The van der Waals surface area contributed by atoms with Crippen LogP contribution in [-0.4, -0.2) is 39.2 Å². The molecule has 1 atom stereocenters. The van der Waals surface area contributed by atoms with Crippen molar-refractivity contribution in [3.05, 3.63) is 17.5 Å². The van der Waals surface area contributed by atoms with E-state index in [1.165, 1.54) is 4.90 Å². The van der Waals surface area contributed by atoms with Gasteiger partial charge in [0.25, 0.3) is 0 Å². The van der Waals surface area contributed by atoms with E-state index in [4.69, 9.17) is 4.52 Å². The molecule has 0 aliphatic carbocycles. The molecule has 2 rings (SSSR count). The van der Waals surface area contributed by atoms with Crippen molar-refractivity contribution in [1.82, 2.24) is 15.4 Å². The summed E-state index contributed by atoms with van der Waals surface area (Å²) in [5.41, 5.74) is -0.342. The van der Waals surface area contributed by atoms with Gasteiger partial charge in [0, 0.05) is 12.6 Å². The second kappa shape index (κ2) is 5.52. The molecule has 0 radical (unpaired) electrons. The number of likely N-dealkylation sites (tertiary alicyclic amines) is 1. The maximum atomic E-state index is 12.2. The molecule has 1 fully saturated rings. The predicted octanol–water partition coefficient (Wildman–Crippen LogP) is 1.52. The zero-order valence-electron chi connectivity index (χ0n) is 11.7. The number of nitrogens with zero attached hydrogens (tertiary/aromatic N) is 2. The number of nitrogens with one attached hydrogen (secondary N) is 1. The largest absolute Gasteiger partial charge is 0.479 e. The van der Waals surface area contributed by atoms with E-state index in [1.54, 1.807) is 19.9 Å². The van der Waals surface area contributed by atoms with Crippen LogP contribution in [0.25, 0.3) is 0 Å². The summed E-state index contributed by atoms with van der Waals surface area (Å²) in [4.78, 5) is 25.1. The summed E-state index contributed by atoms with van der Waals surface area (Å²) < 4.78 is 5.00. The third-order valence-electron chi connectivity index (χ3n) is 3.81. The summed E-state index contributed by atoms with van der Waals surface area (Å²) in [5, 5.41) is 15.8. The number of aryl methyl sites for hydroxylation is 1. The SMILES string of the molecule is CCC1(C(=O)O)CCCN1C(=O)NCc1cc(C)no1. The number of carboxylic acids is 1. The normalized spacial score (nSPS) is 22.0. The molecule has 1 aliphatic rings. The molecule has 1 aromatic rings. The predicted molar refractivity (Wildman–Crippen MR) is 70.1 cm³/mol. The molecule has 7 heteroatoms. The van der Waals surface area contributed by atoms with Crippen LogP contribution in [0.1, 0.15) is 37.6 Å². The Labute approximate surface area is 116 Å². The molecule has 0 spiro atoms. The Bertz CT molecular complexity index is 513. The lowest BCUT2D eigenvalue weighted by Gasteiger charge is -2.33. The van der Waals surface area contributed by atoms with E-state index < -0.39 is 11.5 Å². The smallest absolute Gasteiger partial charge is 0.329 e. The maximum Gasteiger partial charge on any atom is 0.329 e. The lowest BCUT2D eigenvalue weighted by atomic mass is 9.93. The Morgan fingerprint density at radius 3 is 2.90 bits per heavy atom. The van der Waals surface area contributed by atoms with Crippen molar-refractivity contribution in [3.63, 3.8) is 0 Å². The Balaban J connectivity index is 2.02. The molecule has 2 N–H and O–H groups in total. The van der Waals surface area contributed by atoms with E-state index in [0.29, 0.717) is 31.6 Å². The standard InChI is InChI=1S/C13H19N3O4/c1-3-13(11(17)18)5-4-6-16(13)12(19)14-8-10-7-9(2)15-20-10/h7H,3-6,8H2,1-2H3,(H,14,19)(H,17,18). The van der Waals surface area contributed by atoms with Gasteiger partial charge in [-0.3, -0.25) is 0 Å². The lowest BCUT2D eigenvalue weighted by molar-refractivity contribution is -0.148. The molecule has 2 heterocycles. The summed E-state index contributed by atoms with van der Waals surface area (Å²) in [6, 6.07) is 1.36. The summed E-state index contributed by atoms with van der Waals surface area (Å²) in [6.07, 6.45) is 1.60. The molecule has 1 unspecified atom stereocenters. The number of aliphatic carboxylic acids is 1. The van der Waals surface area contributed by atoms with Crippen LogP contribution in [0.15, 0.2) is 10.6 Å². The van der Waals surface area contributed by atoms with Crippen LogP contribution in [-0.2, 0) is 11.3 Å². The highest BCUT2D eigenvalue weighted by Gasteiger charge is 2.48. The lowest BCUT2D eigenvalue weighted by Crippen LogP contribution is -2.55. The van der Waals surface area contributed by atoms with E-state index >= 15 is 0 Å². The fourth-order valence-corrected chi connectivity index (χ4v) is 2.67. The number of urea groups is 1. The molecular formula is C13H19N3O4. The highest BCUT2D eigenvalue weighted by Crippen LogP contribution is 2.32. The number of carbonyl (C=O) groups excluding carboxylic acids is 1. The van der Waals surface area contributed by atoms with Crippen molar-refractivity contribution in [2.45, 2.75) is 45.2 Å². The van der Waals surface area contributed by atoms with Gasteiger partial charge in [0.1, 0.15) is 5.54 Å². The van der Waals surface area contributed by atoms with Crippen molar-refractivity contribution in [2.75, 3.05) is 6.54 Å². The number of aromatic nitrogens is 1. The number of amides is 2. The monoisotopic (exact) mass is 281 g/mol. The van der Waals surface area contributed by atoms with E-state index in [0.717, 1.165) is 5.69 Å². The van der Waals surface area contributed by atoms with Gasteiger partial charge in [-0.2, -0.15) is 0 Å². The summed E-state index contributed by atoms with van der Waals surface area (Å²) in [6.45, 7) is 4.25. The van der Waals surface area contributed by atoms with E-state index in [-0.39, 0.29) is 12.6 Å². The fraction of sp³-hybridized carbons (Fsp3) is 0.615. The number of carboxylic acid groups (broad SMARTS) is 1. The zero-order chi connectivity index (χ0) is 14.8. The van der Waals surface area contributed by atoms with Crippen LogP contribution in [0.5, 0.6) is 0 Å². The third kappa shape index (κ3) is 2.48. The van der Waals surface area contributed by atoms with Gasteiger partial charge in [-0.25, -0.2) is 9.59 Å². The Hall–Kier alpha value is -2.05. The first-order valence-electron chi connectivity index (χ1n) is 6.70. The van der Waals surface area contributed by atoms with Gasteiger partial charge in [-0.05, 0) is 26.2 Å². The van der Waals surface area contributed by atoms with Gasteiger partial charge < -0.3 is 19.8 Å². The first-order valence-corrected chi connectivity index (χ1v) is 6.70. The van der Waals surface area contributed by atoms with Gasteiger partial charge in [0.2, 0.25) is 0 Å². The first-order chi connectivity index (χ1) is 9.49. The molecule has 0 bridgehead atoms. The van der Waals surface area contributed by atoms with Crippen LogP contribution < -0.4 is 5.32 Å². The number of hydrogen-bond donors (Lipinski definition) is 2. The molecule has 1 aliphatic heterocycles. The minimum absolute atomic E-state index is 0.204. The molecule has 0 saturated carbocycles. The number of hydrogen-bond acceptors (Lipinski definition) is 4. The van der Waals surface area contributed by atoms with Crippen molar-refractivity contribution in [1.29, 1.82) is 0 Å². The second-order valence-corrected chi connectivity index (χ2v) is 5.04. The van der Waals surface area contributed by atoms with E-state index in [1.807, 2.05) is 0 Å². The van der Waals surface area contributed by atoms with Gasteiger partial charge in [-0.15, -0.1) is 0 Å². The molecule has 1 saturated heterocycles. The van der Waals surface area contributed by atoms with Crippen molar-refractivity contribution < 1.29 is 19.2 Å². The van der Waals surface area contributed by atoms with Crippen LogP contribution in [0.2, 0.25) is 0 Å². The van der Waals surface area contributed by atoms with Gasteiger partial charge in [0.05, 0.1) is 12.2 Å². The number of rotatable bonds is 4. The molecule has 110 valence electrons. The van der Waals surface area contributed by atoms with Crippen LogP contribution >= 0.6 is 0 Å². The molecular weight excluding hydrogens is 262 g/mol. The van der Waals surface area contributed by atoms with E-state index in [2.05, 4.69) is 10.5 Å². The maximum absolute atomic E-state index is 12.2. The summed E-state index contributed by atoms with van der Waals surface area (Å²) >= 11 is 0. The average Bonchev–Trinajstić information content (AvgIpc) is 3.02. The second-order valence-electron chi connectivity index (χ2n) is 5.04. The Kier molecular flexibility index (Phi) is 3.96. The van der Waals surface area contributed by atoms with Crippen molar-refractivity contribution in [2.24, 2.45) is 0 Å². The quantitative estimate of drug-likeness (QED) is 0.872. The van der Waals surface area contributed by atoms with Gasteiger partial charge in [0.15, 0.2) is 5.76 Å². The Morgan fingerprint density at radius 2 is 2.35 bits per heavy atom. The molecule has 0 aromatic carbocycles. The van der Waals surface area contributed by atoms with Crippen molar-refractivity contribution >= 4 is 12.0 Å². The molecule has 2 amide bonds. The molecule has 20 heavy (non-hydrogen) atoms. The zero-order valence-corrected chi connectivity index (χ0v) is 11.7.